The Bertz CT molecular complexity index is 113. The minimum absolute atomic E-state index is 0. The molecule has 15 heavy (non-hydrogen) atoms. The Morgan fingerprint density at radius 1 is 1.13 bits per heavy atom. The Kier molecular flexibility index (Phi) is 101. The van der Waals surface area contributed by atoms with Crippen LogP contribution in [0.3, 0.4) is 0 Å². The van der Waals surface area contributed by atoms with Crippen LogP contribution < -0.4 is 0 Å². The molecule has 0 aliphatic carbocycles. The van der Waals surface area contributed by atoms with Gasteiger partial charge >= 0.3 is 20.1 Å². The maximum absolute atomic E-state index is 9.72. The number of aliphatic carboxylic acids is 1. The largest absolute Gasteiger partial charge is 5.00 e. The molecular formula is C7H8N2O5Tc. The molecule has 0 aromatic heterocycles. The van der Waals surface area contributed by atoms with Gasteiger partial charge in [-0.3, -0.25) is 4.79 Å². The molecule has 0 atom stereocenters. The maximum Gasteiger partial charge on any atom is 5.00 e. The molecule has 3 radical (unpaired) electrons. The number of rotatable bonds is 4. The third kappa shape index (κ3) is 97.2. The fourth-order valence-corrected chi connectivity index (χ4v) is 0.254. The fourth-order valence-electron chi connectivity index (χ4n) is 0.254. The number of nitrogens with zero attached hydrogens (tertiary/aromatic N) is 1. The van der Waals surface area contributed by atoms with Gasteiger partial charge in [-0.15, -0.1) is 0 Å². The van der Waals surface area contributed by atoms with Crippen LogP contribution in [0.4, 0.5) is 0 Å². The second kappa shape index (κ2) is 51.8. The first-order chi connectivity index (χ1) is 6.77. The molecule has 83 valence electrons. The van der Waals surface area contributed by atoms with Crippen LogP contribution in [0.25, 0.3) is 11.1 Å². The third-order valence-electron chi connectivity index (χ3n) is 0.517. The molecule has 0 saturated heterocycles. The SMILES string of the molecule is [C-]=O.[C-]=O.[C-]=O.[NH-]CC[N-]CC(=O)O.[Tc+5]. The molecule has 0 unspecified atom stereocenters. The molecule has 0 aromatic carbocycles. The zero-order valence-electron chi connectivity index (χ0n) is 7.53. The fraction of sp³-hybridized carbons (Fsp3) is 0.429. The van der Waals surface area contributed by atoms with Crippen LogP contribution in [-0.4, -0.2) is 51.1 Å². The van der Waals surface area contributed by atoms with Gasteiger partial charge in [-0.2, -0.15) is 13.1 Å². The van der Waals surface area contributed by atoms with Gasteiger partial charge in [0.05, 0.1) is 0 Å². The number of hydrogen-bond acceptors (Lipinski definition) is 4. The average molecular weight is 298 g/mol. The first-order valence-corrected chi connectivity index (χ1v) is 2.88. The molecule has 0 spiro atoms. The predicted octanol–water partition coefficient (Wildman–Crippen LogP) is -0.697. The summed E-state index contributed by atoms with van der Waals surface area (Å²) in [5.41, 5.74) is 6.56. The van der Waals surface area contributed by atoms with Crippen molar-refractivity contribution in [1.29, 1.82) is 0 Å². The van der Waals surface area contributed by atoms with Gasteiger partial charge in [0, 0.05) is 0 Å². The van der Waals surface area contributed by atoms with E-state index in [1.54, 1.807) is 0 Å². The van der Waals surface area contributed by atoms with E-state index in [0.29, 0.717) is 6.54 Å². The van der Waals surface area contributed by atoms with E-state index in [-0.39, 0.29) is 33.2 Å². The molecular weight excluding hydrogens is 290 g/mol. The topological polar surface area (TPSA) is 126 Å². The van der Waals surface area contributed by atoms with Crippen LogP contribution in [-0.2, 0) is 39.3 Å². The van der Waals surface area contributed by atoms with Crippen LogP contribution in [0.2, 0.25) is 0 Å². The van der Waals surface area contributed by atoms with E-state index >= 15 is 0 Å². The van der Waals surface area contributed by atoms with Crippen molar-refractivity contribution in [2.24, 2.45) is 0 Å². The zero-order valence-corrected chi connectivity index (χ0v) is 9.38. The van der Waals surface area contributed by atoms with Crippen molar-refractivity contribution < 1.29 is 44.4 Å². The summed E-state index contributed by atoms with van der Waals surface area (Å²) in [7, 11) is 0. The van der Waals surface area contributed by atoms with E-state index in [2.05, 4.69) is 25.7 Å². The van der Waals surface area contributed by atoms with Crippen molar-refractivity contribution in [2.45, 2.75) is 0 Å². The van der Waals surface area contributed by atoms with Crippen LogP contribution >= 0.6 is 0 Å². The van der Waals surface area contributed by atoms with E-state index in [9.17, 15) is 4.79 Å². The first kappa shape index (κ1) is 29.2. The van der Waals surface area contributed by atoms with Crippen molar-refractivity contribution in [3.8, 4) is 0 Å². The molecule has 0 aliphatic heterocycles. The monoisotopic (exact) mass is 297 g/mol. The molecule has 0 heterocycles. The first-order valence-electron chi connectivity index (χ1n) is 2.88. The second-order valence-electron chi connectivity index (χ2n) is 1.25. The van der Waals surface area contributed by atoms with Gasteiger partial charge in [0.2, 0.25) is 0 Å². The minimum Gasteiger partial charge on any atom is -0.679 e. The average Bonchev–Trinajstić information content (AvgIpc) is 2.27. The summed E-state index contributed by atoms with van der Waals surface area (Å²) < 4.78 is 0. The van der Waals surface area contributed by atoms with Gasteiger partial charge in [0.15, 0.2) is 0 Å². The van der Waals surface area contributed by atoms with Gasteiger partial charge in [-0.05, 0) is 6.54 Å². The standard InChI is InChI=1S/C4H8N2O2.3CO.Tc/c5-1-2-6-3-4(7)8;3*1-2;/h5H,1-3H2,(H,7,8);;;;/q-2;3*-1;+5. The van der Waals surface area contributed by atoms with Crippen molar-refractivity contribution in [3.63, 3.8) is 0 Å². The molecule has 0 bridgehead atoms. The quantitative estimate of drug-likeness (QED) is 0.542. The van der Waals surface area contributed by atoms with E-state index in [1.165, 1.54) is 0 Å². The van der Waals surface area contributed by atoms with Crippen LogP contribution in [0.5, 0.6) is 0 Å². The Morgan fingerprint density at radius 3 is 1.67 bits per heavy atom. The number of carboxylic acids is 1. The summed E-state index contributed by atoms with van der Waals surface area (Å²) in [6.07, 6.45) is 0. The number of carbonyl (C=O) groups is 1. The van der Waals surface area contributed by atoms with Crippen molar-refractivity contribution >= 4 is 26.3 Å². The van der Waals surface area contributed by atoms with Gasteiger partial charge in [-0.1, -0.05) is 0 Å². The molecule has 0 aliphatic rings. The Hall–Kier alpha value is -0.951. The van der Waals surface area contributed by atoms with Crippen molar-refractivity contribution in [1.82, 2.24) is 0 Å². The molecule has 0 fully saturated rings. The van der Waals surface area contributed by atoms with Crippen LogP contribution in [0.15, 0.2) is 0 Å². The molecule has 0 saturated carbocycles. The third-order valence-corrected chi connectivity index (χ3v) is 0.517. The number of hydrogen-bond donors (Lipinski definition) is 1. The summed E-state index contributed by atoms with van der Waals surface area (Å²) in [4.78, 5) is 32.2. The number of nitrogens with one attached hydrogen (secondary N) is 1. The molecule has 0 rings (SSSR count). The normalized spacial score (nSPS) is 5.67. The summed E-state index contributed by atoms with van der Waals surface area (Å²) in [6.45, 7) is 13.8. The second-order valence-corrected chi connectivity index (χ2v) is 1.25. The van der Waals surface area contributed by atoms with Gasteiger partial charge in [-0.25, -0.2) is 0 Å². The number of carbonyl (C=O) groups excluding carboxylic acids is 3. The Balaban J connectivity index is -0.0000000410. The molecule has 0 amide bonds. The van der Waals surface area contributed by atoms with Crippen molar-refractivity contribution in [3.05, 3.63) is 11.1 Å². The predicted molar refractivity (Wildman–Crippen MR) is 47.0 cm³/mol. The summed E-state index contributed by atoms with van der Waals surface area (Å²) in [5, 5.41) is 11.5. The summed E-state index contributed by atoms with van der Waals surface area (Å²) >= 11 is 0. The van der Waals surface area contributed by atoms with Crippen molar-refractivity contribution in [2.75, 3.05) is 19.6 Å². The summed E-state index contributed by atoms with van der Waals surface area (Å²) in [6, 6.07) is 0. The Labute approximate surface area is 102 Å². The van der Waals surface area contributed by atoms with Crippen LogP contribution in [0.1, 0.15) is 0 Å². The van der Waals surface area contributed by atoms with Crippen LogP contribution in [0, 0.1) is 0 Å². The molecule has 2 N–H and O–H groups in total. The molecule has 8 heteroatoms. The minimum atomic E-state index is -0.932. The van der Waals surface area contributed by atoms with Gasteiger partial charge < -0.3 is 50.9 Å². The summed E-state index contributed by atoms with van der Waals surface area (Å²) in [5.74, 6) is -0.932. The molecule has 0 aromatic rings. The van der Waals surface area contributed by atoms with E-state index in [0.717, 1.165) is 0 Å². The van der Waals surface area contributed by atoms with E-state index in [4.69, 9.17) is 25.2 Å². The van der Waals surface area contributed by atoms with Gasteiger partial charge in [0.25, 0.3) is 5.97 Å². The Morgan fingerprint density at radius 2 is 1.47 bits per heavy atom. The number of carboxylic acid groups (broad SMARTS) is 1. The maximum atomic E-state index is 9.72. The van der Waals surface area contributed by atoms with E-state index < -0.39 is 5.97 Å². The van der Waals surface area contributed by atoms with Gasteiger partial charge in [0.1, 0.15) is 0 Å². The zero-order chi connectivity index (χ0) is 12.4. The smallest absolute Gasteiger partial charge is 0.679 e. The molecule has 7 nitrogen and oxygen atoms in total. The van der Waals surface area contributed by atoms with E-state index in [1.807, 2.05) is 0 Å².